The molecule has 5 heteroatoms. The highest BCUT2D eigenvalue weighted by molar-refractivity contribution is 7.80. The van der Waals surface area contributed by atoms with Crippen LogP contribution in [0.1, 0.15) is 11.1 Å². The van der Waals surface area contributed by atoms with Crippen LogP contribution in [0.2, 0.25) is 0 Å². The average molecular weight is 275 g/mol. The smallest absolute Gasteiger partial charge is 0.171 e. The molecule has 0 saturated heterocycles. The summed E-state index contributed by atoms with van der Waals surface area (Å²) in [5.74, 6) is -0.250. The largest absolute Gasteiger partial charge is 0.358 e. The van der Waals surface area contributed by atoms with Gasteiger partial charge in [-0.05, 0) is 48.5 Å². The van der Waals surface area contributed by atoms with Crippen LogP contribution in [0.25, 0.3) is 0 Å². The Morgan fingerprint density at radius 2 is 2.21 bits per heavy atom. The molecule has 0 saturated carbocycles. The normalized spacial score (nSPS) is 10.0. The van der Waals surface area contributed by atoms with Crippen molar-refractivity contribution in [1.29, 1.82) is 0 Å². The van der Waals surface area contributed by atoms with E-state index >= 15 is 0 Å². The lowest BCUT2D eigenvalue weighted by atomic mass is 10.2. The van der Waals surface area contributed by atoms with Crippen LogP contribution in [-0.4, -0.2) is 10.1 Å². The first-order chi connectivity index (χ1) is 9.15. The van der Waals surface area contributed by atoms with Crippen molar-refractivity contribution in [3.05, 3.63) is 59.7 Å². The van der Waals surface area contributed by atoms with Crippen molar-refractivity contribution in [2.75, 3.05) is 5.32 Å². The number of aromatic nitrogens is 1. The molecule has 0 radical (unpaired) electrons. The summed E-state index contributed by atoms with van der Waals surface area (Å²) in [6.07, 6.45) is 3.48. The second-order valence-corrected chi connectivity index (χ2v) is 4.54. The highest BCUT2D eigenvalue weighted by Gasteiger charge is 2.01. The van der Waals surface area contributed by atoms with Gasteiger partial charge in [-0.3, -0.25) is 4.98 Å². The molecule has 0 fully saturated rings. The fourth-order valence-corrected chi connectivity index (χ4v) is 1.72. The predicted molar refractivity (Wildman–Crippen MR) is 78.4 cm³/mol. The highest BCUT2D eigenvalue weighted by Crippen LogP contribution is 2.13. The van der Waals surface area contributed by atoms with Crippen LogP contribution >= 0.6 is 12.2 Å². The van der Waals surface area contributed by atoms with Gasteiger partial charge in [0.1, 0.15) is 5.82 Å². The Hall–Kier alpha value is -2.01. The van der Waals surface area contributed by atoms with E-state index in [-0.39, 0.29) is 5.82 Å². The van der Waals surface area contributed by atoms with Crippen molar-refractivity contribution in [3.8, 4) is 0 Å². The molecule has 0 aliphatic rings. The van der Waals surface area contributed by atoms with Crippen LogP contribution < -0.4 is 10.6 Å². The van der Waals surface area contributed by atoms with Crippen molar-refractivity contribution in [3.63, 3.8) is 0 Å². The van der Waals surface area contributed by atoms with E-state index in [0.29, 0.717) is 22.9 Å². The summed E-state index contributed by atoms with van der Waals surface area (Å²) in [5.41, 5.74) is 2.27. The second-order valence-electron chi connectivity index (χ2n) is 4.13. The van der Waals surface area contributed by atoms with E-state index in [9.17, 15) is 4.39 Å². The number of hydrogen-bond donors (Lipinski definition) is 2. The van der Waals surface area contributed by atoms with Crippen LogP contribution in [-0.2, 0) is 6.54 Å². The van der Waals surface area contributed by atoms with Crippen LogP contribution in [0, 0.1) is 12.7 Å². The summed E-state index contributed by atoms with van der Waals surface area (Å²) < 4.78 is 13.4. The molecule has 1 heterocycles. The minimum absolute atomic E-state index is 0.250. The van der Waals surface area contributed by atoms with Crippen molar-refractivity contribution in [2.45, 2.75) is 13.5 Å². The summed E-state index contributed by atoms with van der Waals surface area (Å²) in [6, 6.07) is 8.74. The van der Waals surface area contributed by atoms with Gasteiger partial charge in [-0.25, -0.2) is 4.39 Å². The van der Waals surface area contributed by atoms with E-state index in [4.69, 9.17) is 12.2 Å². The van der Waals surface area contributed by atoms with E-state index in [1.807, 2.05) is 12.1 Å². The maximum absolute atomic E-state index is 13.4. The van der Waals surface area contributed by atoms with Gasteiger partial charge in [-0.15, -0.1) is 0 Å². The van der Waals surface area contributed by atoms with Crippen molar-refractivity contribution < 1.29 is 4.39 Å². The van der Waals surface area contributed by atoms with Crippen LogP contribution in [0.5, 0.6) is 0 Å². The zero-order valence-electron chi connectivity index (χ0n) is 10.5. The Labute approximate surface area is 116 Å². The second kappa shape index (κ2) is 6.24. The van der Waals surface area contributed by atoms with E-state index in [2.05, 4.69) is 15.6 Å². The summed E-state index contributed by atoms with van der Waals surface area (Å²) >= 11 is 5.15. The molecule has 1 aromatic heterocycles. The quantitative estimate of drug-likeness (QED) is 0.844. The first-order valence-corrected chi connectivity index (χ1v) is 6.26. The van der Waals surface area contributed by atoms with Crippen molar-refractivity contribution in [1.82, 2.24) is 10.3 Å². The predicted octanol–water partition coefficient (Wildman–Crippen LogP) is 3.02. The zero-order chi connectivity index (χ0) is 13.7. The minimum atomic E-state index is -0.250. The van der Waals surface area contributed by atoms with Gasteiger partial charge in [0.2, 0.25) is 0 Å². The maximum atomic E-state index is 13.4. The number of nitrogens with zero attached hydrogens (tertiary/aromatic N) is 1. The topological polar surface area (TPSA) is 37.0 Å². The molecule has 0 bridgehead atoms. The lowest BCUT2D eigenvalue weighted by molar-refractivity contribution is 0.619. The fraction of sp³-hybridized carbons (Fsp3) is 0.143. The molecule has 2 rings (SSSR count). The van der Waals surface area contributed by atoms with Crippen LogP contribution in [0.15, 0.2) is 42.7 Å². The van der Waals surface area contributed by atoms with E-state index in [1.165, 1.54) is 6.07 Å². The third kappa shape index (κ3) is 3.99. The number of hydrogen-bond acceptors (Lipinski definition) is 2. The Balaban J connectivity index is 1.89. The van der Waals surface area contributed by atoms with Gasteiger partial charge < -0.3 is 10.6 Å². The zero-order valence-corrected chi connectivity index (χ0v) is 11.3. The number of anilines is 1. The van der Waals surface area contributed by atoms with E-state index < -0.39 is 0 Å². The standard InChI is InChI=1S/C14H14FN3S/c1-10-4-5-12(7-13(10)15)18-14(19)17-9-11-3-2-6-16-8-11/h2-8H,9H2,1H3,(H2,17,18,19). The van der Waals surface area contributed by atoms with Gasteiger partial charge in [0.15, 0.2) is 5.11 Å². The molecule has 98 valence electrons. The number of pyridine rings is 1. The third-order valence-electron chi connectivity index (χ3n) is 2.61. The van der Waals surface area contributed by atoms with Gasteiger partial charge in [-0.2, -0.15) is 0 Å². The van der Waals surface area contributed by atoms with Gasteiger partial charge in [0.25, 0.3) is 0 Å². The molecule has 0 unspecified atom stereocenters. The van der Waals surface area contributed by atoms with Crippen molar-refractivity contribution >= 4 is 23.0 Å². The summed E-state index contributed by atoms with van der Waals surface area (Å²) in [6.45, 7) is 2.30. The molecule has 0 amide bonds. The van der Waals surface area contributed by atoms with Gasteiger partial charge >= 0.3 is 0 Å². The molecule has 0 aliphatic heterocycles. The molecule has 19 heavy (non-hydrogen) atoms. The Bertz CT molecular complexity index is 572. The number of nitrogens with one attached hydrogen (secondary N) is 2. The lowest BCUT2D eigenvalue weighted by Gasteiger charge is -2.11. The minimum Gasteiger partial charge on any atom is -0.358 e. The molecule has 3 nitrogen and oxygen atoms in total. The maximum Gasteiger partial charge on any atom is 0.171 e. The third-order valence-corrected chi connectivity index (χ3v) is 2.85. The Morgan fingerprint density at radius 3 is 2.89 bits per heavy atom. The molecule has 2 N–H and O–H groups in total. The van der Waals surface area contributed by atoms with Gasteiger partial charge in [0.05, 0.1) is 0 Å². The van der Waals surface area contributed by atoms with E-state index in [0.717, 1.165) is 5.56 Å². The molecular formula is C14H14FN3S. The van der Waals surface area contributed by atoms with Gasteiger partial charge in [0, 0.05) is 24.6 Å². The molecule has 2 aromatic rings. The van der Waals surface area contributed by atoms with E-state index in [1.54, 1.807) is 31.5 Å². The summed E-state index contributed by atoms with van der Waals surface area (Å²) in [4.78, 5) is 4.01. The number of rotatable bonds is 3. The number of halogens is 1. The highest BCUT2D eigenvalue weighted by atomic mass is 32.1. The molecule has 0 aliphatic carbocycles. The SMILES string of the molecule is Cc1ccc(NC(=S)NCc2cccnc2)cc1F. The van der Waals surface area contributed by atoms with Crippen molar-refractivity contribution in [2.24, 2.45) is 0 Å². The van der Waals surface area contributed by atoms with Gasteiger partial charge in [-0.1, -0.05) is 12.1 Å². The molecule has 1 aromatic carbocycles. The average Bonchev–Trinajstić information content (AvgIpc) is 2.42. The van der Waals surface area contributed by atoms with Crippen LogP contribution in [0.3, 0.4) is 0 Å². The number of benzene rings is 1. The molecule has 0 atom stereocenters. The fourth-order valence-electron chi connectivity index (χ4n) is 1.53. The lowest BCUT2D eigenvalue weighted by Crippen LogP contribution is -2.27. The van der Waals surface area contributed by atoms with Crippen LogP contribution in [0.4, 0.5) is 10.1 Å². The number of thiocarbonyl (C=S) groups is 1. The monoisotopic (exact) mass is 275 g/mol. The first kappa shape index (κ1) is 13.4. The molecular weight excluding hydrogens is 261 g/mol. The first-order valence-electron chi connectivity index (χ1n) is 5.85. The Morgan fingerprint density at radius 1 is 1.37 bits per heavy atom. The summed E-state index contributed by atoms with van der Waals surface area (Å²) in [5, 5.41) is 6.43. The molecule has 0 spiro atoms. The summed E-state index contributed by atoms with van der Waals surface area (Å²) in [7, 11) is 0. The number of aryl methyl sites for hydroxylation is 1. The Kier molecular flexibility index (Phi) is 4.41.